The van der Waals surface area contributed by atoms with Crippen LogP contribution >= 0.6 is 0 Å². The Bertz CT molecular complexity index is 1110. The van der Waals surface area contributed by atoms with Crippen LogP contribution in [0.4, 0.5) is 5.88 Å². The van der Waals surface area contributed by atoms with Gasteiger partial charge in [0.25, 0.3) is 5.89 Å². The van der Waals surface area contributed by atoms with Gasteiger partial charge in [-0.05, 0) is 43.5 Å². The molecular weight excluding hydrogens is 396 g/mol. The lowest BCUT2D eigenvalue weighted by Crippen LogP contribution is -2.30. The van der Waals surface area contributed by atoms with Gasteiger partial charge in [0.1, 0.15) is 13.2 Å². The van der Waals surface area contributed by atoms with Gasteiger partial charge in [0.05, 0.1) is 11.2 Å². The highest BCUT2D eigenvalue weighted by atomic mass is 32.2. The molecule has 0 bridgehead atoms. The van der Waals surface area contributed by atoms with E-state index in [-0.39, 0.29) is 21.7 Å². The summed E-state index contributed by atoms with van der Waals surface area (Å²) < 4.78 is 49.3. The molecule has 0 atom stereocenters. The molecule has 0 aliphatic carbocycles. The molecule has 3 aromatic rings. The van der Waals surface area contributed by atoms with Gasteiger partial charge < -0.3 is 23.2 Å². The average Bonchev–Trinajstić information content (AvgIpc) is 3.44. The zero-order valence-electron chi connectivity index (χ0n) is 15.7. The first-order valence-electron chi connectivity index (χ1n) is 9.57. The van der Waals surface area contributed by atoms with E-state index in [1.54, 1.807) is 18.2 Å². The van der Waals surface area contributed by atoms with E-state index < -0.39 is 9.84 Å². The first kappa shape index (κ1) is 18.1. The summed E-state index contributed by atoms with van der Waals surface area (Å²) in [5.74, 6) is 1.72. The number of aromatic nitrogens is 1. The molecule has 8 nitrogen and oxygen atoms in total. The van der Waals surface area contributed by atoms with Crippen LogP contribution in [0.25, 0.3) is 11.7 Å². The fourth-order valence-corrected chi connectivity index (χ4v) is 4.91. The summed E-state index contributed by atoms with van der Waals surface area (Å²) in [5.41, 5.74) is 0. The van der Waals surface area contributed by atoms with Gasteiger partial charge in [-0.15, -0.1) is 0 Å². The number of nitrogens with zero attached hydrogens (tertiary/aromatic N) is 2. The molecule has 2 aliphatic rings. The number of fused-ring (bicyclic) bond motifs is 1. The molecule has 152 valence electrons. The van der Waals surface area contributed by atoms with Crippen LogP contribution in [-0.4, -0.2) is 39.7 Å². The largest absolute Gasteiger partial charge is 0.486 e. The standard InChI is InChI=1S/C20H20N2O6S/c23-29(24,14-6-7-15-17(13-14)27-12-11-26-15)19-20(22-8-2-1-3-9-22)28-18(21-19)16-5-4-10-25-16/h4-7,10,13H,1-3,8-9,11-12H2. The van der Waals surface area contributed by atoms with E-state index in [9.17, 15) is 8.42 Å². The van der Waals surface area contributed by atoms with Crippen molar-refractivity contribution in [1.82, 2.24) is 4.98 Å². The van der Waals surface area contributed by atoms with Crippen molar-refractivity contribution in [3.63, 3.8) is 0 Å². The predicted octanol–water partition coefficient (Wildman–Crippen LogP) is 3.53. The molecule has 0 spiro atoms. The number of sulfone groups is 1. The Morgan fingerprint density at radius 3 is 2.52 bits per heavy atom. The van der Waals surface area contributed by atoms with Crippen molar-refractivity contribution in [3.05, 3.63) is 36.6 Å². The number of piperidine rings is 1. The van der Waals surface area contributed by atoms with Crippen LogP contribution in [0.1, 0.15) is 19.3 Å². The van der Waals surface area contributed by atoms with Crippen molar-refractivity contribution >= 4 is 15.7 Å². The lowest BCUT2D eigenvalue weighted by Gasteiger charge is -2.26. The Morgan fingerprint density at radius 2 is 1.76 bits per heavy atom. The molecule has 9 heteroatoms. The molecule has 2 aromatic heterocycles. The Hall–Kier alpha value is -2.94. The van der Waals surface area contributed by atoms with Crippen LogP contribution in [0.3, 0.4) is 0 Å². The van der Waals surface area contributed by atoms with Gasteiger partial charge in [-0.25, -0.2) is 8.42 Å². The first-order chi connectivity index (χ1) is 14.1. The second kappa shape index (κ2) is 7.14. The first-order valence-corrected chi connectivity index (χ1v) is 11.1. The summed E-state index contributed by atoms with van der Waals surface area (Å²) in [4.78, 5) is 6.35. The summed E-state index contributed by atoms with van der Waals surface area (Å²) >= 11 is 0. The Morgan fingerprint density at radius 1 is 0.966 bits per heavy atom. The van der Waals surface area contributed by atoms with Gasteiger partial charge in [0.15, 0.2) is 17.3 Å². The number of hydrogen-bond acceptors (Lipinski definition) is 8. The third-order valence-corrected chi connectivity index (χ3v) is 6.68. The summed E-state index contributed by atoms with van der Waals surface area (Å²) in [6, 6.07) is 7.98. The van der Waals surface area contributed by atoms with E-state index in [2.05, 4.69) is 4.98 Å². The number of benzene rings is 1. The molecule has 5 rings (SSSR count). The van der Waals surface area contributed by atoms with E-state index in [1.807, 2.05) is 4.90 Å². The molecule has 1 fully saturated rings. The van der Waals surface area contributed by atoms with Crippen LogP contribution in [0, 0.1) is 0 Å². The van der Waals surface area contributed by atoms with Crippen molar-refractivity contribution in [1.29, 1.82) is 0 Å². The number of oxazole rings is 1. The number of anilines is 1. The smallest absolute Gasteiger partial charge is 0.266 e. The van der Waals surface area contributed by atoms with Crippen LogP contribution in [0.2, 0.25) is 0 Å². The third kappa shape index (κ3) is 3.25. The van der Waals surface area contributed by atoms with Crippen molar-refractivity contribution in [3.8, 4) is 23.1 Å². The lowest BCUT2D eigenvalue weighted by molar-refractivity contribution is 0.171. The molecular formula is C20H20N2O6S. The van der Waals surface area contributed by atoms with Gasteiger partial charge in [-0.1, -0.05) is 0 Å². The van der Waals surface area contributed by atoms with Crippen molar-refractivity contribution in [2.45, 2.75) is 29.2 Å². The van der Waals surface area contributed by atoms with Crippen LogP contribution < -0.4 is 14.4 Å². The SMILES string of the molecule is O=S(=O)(c1ccc2c(c1)OCCO2)c1nc(-c2ccco2)oc1N1CCCCC1. The molecule has 0 saturated carbocycles. The van der Waals surface area contributed by atoms with E-state index in [1.165, 1.54) is 18.4 Å². The monoisotopic (exact) mass is 416 g/mol. The van der Waals surface area contributed by atoms with E-state index >= 15 is 0 Å². The van der Waals surface area contributed by atoms with E-state index in [4.69, 9.17) is 18.3 Å². The number of hydrogen-bond donors (Lipinski definition) is 0. The third-order valence-electron chi connectivity index (χ3n) is 5.03. The lowest BCUT2D eigenvalue weighted by atomic mass is 10.1. The maximum Gasteiger partial charge on any atom is 0.266 e. The summed E-state index contributed by atoms with van der Waals surface area (Å²) in [6.07, 6.45) is 4.55. The van der Waals surface area contributed by atoms with Crippen molar-refractivity contribution < 1.29 is 26.7 Å². The van der Waals surface area contributed by atoms with Crippen LogP contribution in [0.5, 0.6) is 11.5 Å². The van der Waals surface area contributed by atoms with Gasteiger partial charge >= 0.3 is 0 Å². The minimum Gasteiger partial charge on any atom is -0.486 e. The summed E-state index contributed by atoms with van der Waals surface area (Å²) in [5, 5.41) is -0.109. The fraction of sp³-hybridized carbons (Fsp3) is 0.350. The zero-order chi connectivity index (χ0) is 19.8. The molecule has 0 unspecified atom stereocenters. The minimum absolute atomic E-state index is 0.0827. The Balaban J connectivity index is 1.61. The van der Waals surface area contributed by atoms with Crippen molar-refractivity contribution in [2.24, 2.45) is 0 Å². The minimum atomic E-state index is -3.95. The van der Waals surface area contributed by atoms with E-state index in [0.717, 1.165) is 32.4 Å². The van der Waals surface area contributed by atoms with Crippen molar-refractivity contribution in [2.75, 3.05) is 31.2 Å². The highest BCUT2D eigenvalue weighted by Crippen LogP contribution is 2.38. The average molecular weight is 416 g/mol. The molecule has 0 amide bonds. The molecule has 4 heterocycles. The number of furan rings is 1. The molecule has 1 saturated heterocycles. The molecule has 29 heavy (non-hydrogen) atoms. The zero-order valence-corrected chi connectivity index (χ0v) is 16.5. The summed E-state index contributed by atoms with van der Waals surface area (Å²) in [7, 11) is -3.95. The summed E-state index contributed by atoms with van der Waals surface area (Å²) in [6.45, 7) is 2.25. The second-order valence-corrected chi connectivity index (χ2v) is 8.83. The topological polar surface area (TPSA) is 95.0 Å². The number of rotatable bonds is 4. The van der Waals surface area contributed by atoms with Crippen LogP contribution in [0.15, 0.2) is 55.4 Å². The Kier molecular flexibility index (Phi) is 4.46. The van der Waals surface area contributed by atoms with Gasteiger partial charge in [0, 0.05) is 19.2 Å². The van der Waals surface area contributed by atoms with Gasteiger partial charge in [-0.2, -0.15) is 4.98 Å². The maximum atomic E-state index is 13.5. The normalized spacial score (nSPS) is 16.8. The highest BCUT2D eigenvalue weighted by Gasteiger charge is 2.33. The fourth-order valence-electron chi connectivity index (χ4n) is 3.58. The van der Waals surface area contributed by atoms with Gasteiger partial charge in [0.2, 0.25) is 20.7 Å². The second-order valence-electron chi connectivity index (χ2n) is 6.96. The molecule has 0 radical (unpaired) electrons. The predicted molar refractivity (Wildman–Crippen MR) is 103 cm³/mol. The van der Waals surface area contributed by atoms with Crippen LogP contribution in [-0.2, 0) is 9.84 Å². The Labute approximate surface area is 168 Å². The molecule has 1 aromatic carbocycles. The quantitative estimate of drug-likeness (QED) is 0.637. The van der Waals surface area contributed by atoms with E-state index in [0.29, 0.717) is 30.5 Å². The maximum absolute atomic E-state index is 13.5. The van der Waals surface area contributed by atoms with Gasteiger partial charge in [-0.3, -0.25) is 0 Å². The molecule has 2 aliphatic heterocycles. The molecule has 0 N–H and O–H groups in total. The number of ether oxygens (including phenoxy) is 2. The highest BCUT2D eigenvalue weighted by molar-refractivity contribution is 7.91.